The predicted octanol–water partition coefficient (Wildman–Crippen LogP) is 2.99. The lowest BCUT2D eigenvalue weighted by atomic mass is 10.3. The van der Waals surface area contributed by atoms with Gasteiger partial charge in [-0.1, -0.05) is 37.5 Å². The molecule has 0 aromatic carbocycles. The first-order chi connectivity index (χ1) is 4.91. The first-order valence-corrected chi connectivity index (χ1v) is 3.43. The van der Waals surface area contributed by atoms with Gasteiger partial charge in [0, 0.05) is 0 Å². The first-order valence-electron chi connectivity index (χ1n) is 3.43. The van der Waals surface area contributed by atoms with Crippen molar-refractivity contribution in [3.63, 3.8) is 0 Å². The van der Waals surface area contributed by atoms with Gasteiger partial charge in [-0.15, -0.1) is 0 Å². The van der Waals surface area contributed by atoms with Gasteiger partial charge in [-0.3, -0.25) is 0 Å². The Hall–Kier alpha value is -1.18. The molecule has 0 heteroatoms. The van der Waals surface area contributed by atoms with Gasteiger partial charge in [-0.25, -0.2) is 0 Å². The molecular weight excluding hydrogens is 120 g/mol. The summed E-state index contributed by atoms with van der Waals surface area (Å²) in [5, 5.41) is 0. The fourth-order valence-electron chi connectivity index (χ4n) is 0.410. The highest BCUT2D eigenvalue weighted by Crippen LogP contribution is 1.84. The fraction of sp³-hybridized carbons (Fsp3) is 0.300. The Morgan fingerprint density at radius 2 is 2.20 bits per heavy atom. The Morgan fingerprint density at radius 1 is 1.40 bits per heavy atom. The van der Waals surface area contributed by atoms with Crippen LogP contribution >= 0.6 is 0 Å². The van der Waals surface area contributed by atoms with Crippen molar-refractivity contribution in [1.29, 1.82) is 0 Å². The number of unbranched alkanes of at least 4 members (excludes halogenated alkanes) is 1. The summed E-state index contributed by atoms with van der Waals surface area (Å²) in [6, 6.07) is 0. The summed E-state index contributed by atoms with van der Waals surface area (Å²) in [4.78, 5) is 0. The minimum atomic E-state index is 1.06. The van der Waals surface area contributed by atoms with Crippen LogP contribution in [0.25, 0.3) is 0 Å². The maximum atomic E-state index is 3.50. The molecule has 0 rings (SSSR count). The molecule has 0 unspecified atom stereocenters. The van der Waals surface area contributed by atoms with E-state index in [0.717, 1.165) is 12.8 Å². The van der Waals surface area contributed by atoms with E-state index < -0.39 is 0 Å². The highest BCUT2D eigenvalue weighted by Gasteiger charge is 1.65. The Bertz CT molecular complexity index is 202. The van der Waals surface area contributed by atoms with Crippen molar-refractivity contribution in [2.75, 3.05) is 0 Å². The molecule has 0 fully saturated rings. The van der Waals surface area contributed by atoms with Gasteiger partial charge in [0.15, 0.2) is 0 Å². The normalized spacial score (nSPS) is 6.50. The molecule has 0 aromatic rings. The molecule has 0 aliphatic heterocycles. The Kier molecular flexibility index (Phi) is 6.90. The average molecular weight is 132 g/mol. The Morgan fingerprint density at radius 3 is 2.80 bits per heavy atom. The van der Waals surface area contributed by atoms with Crippen LogP contribution in [0.15, 0.2) is 42.0 Å². The lowest BCUT2D eigenvalue weighted by molar-refractivity contribution is 0.960. The SMILES string of the molecule is C=CC=C=C=C=CCCC. The van der Waals surface area contributed by atoms with Gasteiger partial charge in [-0.05, 0) is 24.3 Å². The highest BCUT2D eigenvalue weighted by atomic mass is 13.7. The first kappa shape index (κ1) is 8.82. The third-order valence-corrected chi connectivity index (χ3v) is 0.881. The molecule has 0 atom stereocenters. The smallest absolute Gasteiger partial charge is 0.0115 e. The Balaban J connectivity index is 3.95. The third kappa shape index (κ3) is 6.82. The number of rotatable bonds is 3. The van der Waals surface area contributed by atoms with Crippen LogP contribution in [0, 0.1) is 0 Å². The number of hydrogen-bond donors (Lipinski definition) is 0. The molecule has 0 aromatic heterocycles. The van der Waals surface area contributed by atoms with Crippen molar-refractivity contribution >= 4 is 0 Å². The number of hydrogen-bond acceptors (Lipinski definition) is 0. The van der Waals surface area contributed by atoms with Crippen molar-refractivity contribution in [2.24, 2.45) is 0 Å². The second kappa shape index (κ2) is 7.82. The van der Waals surface area contributed by atoms with Crippen LogP contribution < -0.4 is 0 Å². The molecule has 0 amide bonds. The lowest BCUT2D eigenvalue weighted by Crippen LogP contribution is -1.54. The molecule has 0 bridgehead atoms. The van der Waals surface area contributed by atoms with Crippen molar-refractivity contribution in [1.82, 2.24) is 0 Å². The summed E-state index contributed by atoms with van der Waals surface area (Å²) in [7, 11) is 0. The minimum Gasteiger partial charge on any atom is -0.0984 e. The zero-order chi connectivity index (χ0) is 7.66. The van der Waals surface area contributed by atoms with Crippen molar-refractivity contribution < 1.29 is 0 Å². The van der Waals surface area contributed by atoms with E-state index in [4.69, 9.17) is 0 Å². The molecule has 0 saturated carbocycles. The van der Waals surface area contributed by atoms with Gasteiger partial charge >= 0.3 is 0 Å². The molecule has 10 heavy (non-hydrogen) atoms. The maximum Gasteiger partial charge on any atom is -0.0115 e. The topological polar surface area (TPSA) is 0 Å². The molecule has 0 heterocycles. The van der Waals surface area contributed by atoms with Gasteiger partial charge in [0.1, 0.15) is 0 Å². The molecule has 0 aliphatic carbocycles. The van der Waals surface area contributed by atoms with Crippen LogP contribution in [0.3, 0.4) is 0 Å². The standard InChI is InChI=1S/C10H12/c1-3-5-7-9-10-8-6-4-2/h3,5,8H,1,4,6H2,2H3. The molecule has 0 spiro atoms. The molecular formula is C10H12. The van der Waals surface area contributed by atoms with E-state index in [9.17, 15) is 0 Å². The molecule has 0 saturated heterocycles. The van der Waals surface area contributed by atoms with E-state index in [0.29, 0.717) is 0 Å². The maximum absolute atomic E-state index is 3.50. The van der Waals surface area contributed by atoms with Crippen LogP contribution in [0.5, 0.6) is 0 Å². The minimum absolute atomic E-state index is 1.06. The van der Waals surface area contributed by atoms with Crippen molar-refractivity contribution in [3.05, 3.63) is 42.0 Å². The lowest BCUT2D eigenvalue weighted by Gasteiger charge is -1.73. The van der Waals surface area contributed by atoms with E-state index in [2.05, 4.69) is 30.7 Å². The predicted molar refractivity (Wildman–Crippen MR) is 44.8 cm³/mol. The highest BCUT2D eigenvalue weighted by molar-refractivity contribution is 4.97. The zero-order valence-electron chi connectivity index (χ0n) is 6.35. The summed E-state index contributed by atoms with van der Waals surface area (Å²) in [5.74, 6) is 0. The second-order valence-corrected chi connectivity index (χ2v) is 1.81. The number of allylic oxidation sites excluding steroid dienone is 3. The van der Waals surface area contributed by atoms with Crippen LogP contribution in [-0.4, -0.2) is 0 Å². The van der Waals surface area contributed by atoms with Gasteiger partial charge in [0.25, 0.3) is 0 Å². The molecule has 0 nitrogen and oxygen atoms in total. The Labute approximate surface area is 62.6 Å². The van der Waals surface area contributed by atoms with Crippen LogP contribution in [0.2, 0.25) is 0 Å². The molecule has 0 radical (unpaired) electrons. The van der Waals surface area contributed by atoms with Gasteiger partial charge in [0.2, 0.25) is 0 Å². The van der Waals surface area contributed by atoms with E-state index in [1.807, 2.05) is 6.08 Å². The van der Waals surface area contributed by atoms with Crippen LogP contribution in [0.4, 0.5) is 0 Å². The van der Waals surface area contributed by atoms with Crippen LogP contribution in [-0.2, 0) is 0 Å². The molecule has 52 valence electrons. The largest absolute Gasteiger partial charge is 0.0984 e. The summed E-state index contributed by atoms with van der Waals surface area (Å²) in [6.45, 7) is 5.63. The van der Waals surface area contributed by atoms with Gasteiger partial charge in [0.05, 0.1) is 0 Å². The quantitative estimate of drug-likeness (QED) is 0.409. The van der Waals surface area contributed by atoms with E-state index >= 15 is 0 Å². The summed E-state index contributed by atoms with van der Waals surface area (Å²) in [5.41, 5.74) is 8.35. The fourth-order valence-corrected chi connectivity index (χ4v) is 0.410. The summed E-state index contributed by atoms with van der Waals surface area (Å²) < 4.78 is 0. The zero-order valence-corrected chi connectivity index (χ0v) is 6.35. The van der Waals surface area contributed by atoms with Crippen LogP contribution in [0.1, 0.15) is 19.8 Å². The summed E-state index contributed by atoms with van der Waals surface area (Å²) >= 11 is 0. The van der Waals surface area contributed by atoms with E-state index in [1.54, 1.807) is 12.2 Å². The van der Waals surface area contributed by atoms with E-state index in [1.165, 1.54) is 0 Å². The third-order valence-electron chi connectivity index (χ3n) is 0.881. The average Bonchev–Trinajstić information content (AvgIpc) is 1.97. The summed E-state index contributed by atoms with van der Waals surface area (Å²) in [6.07, 6.45) is 7.52. The second-order valence-electron chi connectivity index (χ2n) is 1.81. The monoisotopic (exact) mass is 132 g/mol. The van der Waals surface area contributed by atoms with Crippen molar-refractivity contribution in [3.8, 4) is 0 Å². The van der Waals surface area contributed by atoms with Gasteiger partial charge < -0.3 is 0 Å². The van der Waals surface area contributed by atoms with Gasteiger partial charge in [-0.2, -0.15) is 0 Å². The van der Waals surface area contributed by atoms with E-state index in [-0.39, 0.29) is 0 Å². The van der Waals surface area contributed by atoms with Crippen molar-refractivity contribution in [2.45, 2.75) is 19.8 Å². The molecule has 0 N–H and O–H groups in total. The molecule has 0 aliphatic rings.